The van der Waals surface area contributed by atoms with Crippen molar-refractivity contribution in [2.75, 3.05) is 6.54 Å². The molecule has 0 aliphatic heterocycles. The van der Waals surface area contributed by atoms with E-state index in [9.17, 15) is 9.59 Å². The molecule has 0 unspecified atom stereocenters. The zero-order chi connectivity index (χ0) is 18.2. The molecule has 0 spiro atoms. The average Bonchev–Trinajstić information content (AvgIpc) is 2.62. The number of carbonyl (C=O) groups is 2. The standard InChI is InChI=1S/C21H31NO2S/c1-2-3-4-5-6-10-17-22-20(23)16-18-25-21(24)15-11-14-19-12-8-7-9-13-19/h7-9,12-13,16,18H,2-6,10-11,14-15,17H2,1H3,(H,22,23)/b18-16-. The maximum atomic E-state index is 11.8. The molecule has 0 aliphatic carbocycles. The molecule has 1 rings (SSSR count). The molecular formula is C21H31NO2S. The summed E-state index contributed by atoms with van der Waals surface area (Å²) in [4.78, 5) is 23.4. The number of thioether (sulfide) groups is 1. The van der Waals surface area contributed by atoms with Crippen molar-refractivity contribution in [3.8, 4) is 0 Å². The summed E-state index contributed by atoms with van der Waals surface area (Å²) in [5.74, 6) is -0.113. The van der Waals surface area contributed by atoms with Gasteiger partial charge in [0.25, 0.3) is 0 Å². The number of hydrogen-bond donors (Lipinski definition) is 1. The molecule has 3 nitrogen and oxygen atoms in total. The van der Waals surface area contributed by atoms with Crippen molar-refractivity contribution < 1.29 is 9.59 Å². The second-order valence-electron chi connectivity index (χ2n) is 6.19. The number of rotatable bonds is 13. The van der Waals surface area contributed by atoms with Gasteiger partial charge in [0.1, 0.15) is 0 Å². The largest absolute Gasteiger partial charge is 0.353 e. The van der Waals surface area contributed by atoms with Crippen LogP contribution in [0, 0.1) is 0 Å². The quantitative estimate of drug-likeness (QED) is 0.385. The molecule has 25 heavy (non-hydrogen) atoms. The fraction of sp³-hybridized carbons (Fsp3) is 0.524. The molecule has 0 saturated heterocycles. The SMILES string of the molecule is CCCCCCCCNC(=O)/C=C\SC(=O)CCCc1ccccc1. The normalized spacial score (nSPS) is 10.9. The van der Waals surface area contributed by atoms with Gasteiger partial charge in [0.05, 0.1) is 0 Å². The van der Waals surface area contributed by atoms with Gasteiger partial charge in [-0.25, -0.2) is 0 Å². The zero-order valence-electron chi connectivity index (χ0n) is 15.3. The summed E-state index contributed by atoms with van der Waals surface area (Å²) in [6, 6.07) is 10.2. The fourth-order valence-corrected chi connectivity index (χ4v) is 3.09. The Hall–Kier alpha value is -1.55. The van der Waals surface area contributed by atoms with E-state index in [4.69, 9.17) is 0 Å². The third-order valence-corrected chi connectivity index (χ3v) is 4.68. The Morgan fingerprint density at radius 1 is 1.00 bits per heavy atom. The average molecular weight is 362 g/mol. The Morgan fingerprint density at radius 3 is 2.48 bits per heavy atom. The predicted octanol–water partition coefficient (Wildman–Crippen LogP) is 5.26. The summed E-state index contributed by atoms with van der Waals surface area (Å²) in [5.41, 5.74) is 1.25. The number of unbranched alkanes of at least 4 members (excludes halogenated alkanes) is 5. The van der Waals surface area contributed by atoms with Crippen LogP contribution < -0.4 is 5.32 Å². The summed E-state index contributed by atoms with van der Waals surface area (Å²) < 4.78 is 0. The van der Waals surface area contributed by atoms with Crippen LogP contribution in [-0.4, -0.2) is 17.6 Å². The number of hydrogen-bond acceptors (Lipinski definition) is 3. The molecule has 0 fully saturated rings. The lowest BCUT2D eigenvalue weighted by Crippen LogP contribution is -2.21. The van der Waals surface area contributed by atoms with E-state index in [2.05, 4.69) is 24.4 Å². The maximum Gasteiger partial charge on any atom is 0.244 e. The summed E-state index contributed by atoms with van der Waals surface area (Å²) >= 11 is 1.11. The molecule has 138 valence electrons. The lowest BCUT2D eigenvalue weighted by Gasteiger charge is -2.02. The van der Waals surface area contributed by atoms with E-state index < -0.39 is 0 Å². The van der Waals surface area contributed by atoms with Gasteiger partial charge in [0.2, 0.25) is 5.91 Å². The molecule has 0 radical (unpaired) electrons. The van der Waals surface area contributed by atoms with Gasteiger partial charge in [-0.2, -0.15) is 0 Å². The number of amides is 1. The van der Waals surface area contributed by atoms with E-state index in [-0.39, 0.29) is 11.0 Å². The molecular weight excluding hydrogens is 330 g/mol. The van der Waals surface area contributed by atoms with Crippen molar-refractivity contribution in [1.82, 2.24) is 5.32 Å². The van der Waals surface area contributed by atoms with Gasteiger partial charge in [-0.3, -0.25) is 9.59 Å². The molecule has 0 saturated carbocycles. The summed E-state index contributed by atoms with van der Waals surface area (Å²) in [6.45, 7) is 2.92. The first-order chi connectivity index (χ1) is 12.2. The lowest BCUT2D eigenvalue weighted by molar-refractivity contribution is -0.116. The van der Waals surface area contributed by atoms with E-state index in [1.807, 2.05) is 18.2 Å². The number of benzene rings is 1. The second kappa shape index (κ2) is 14.8. The van der Waals surface area contributed by atoms with Gasteiger partial charge >= 0.3 is 0 Å². The molecule has 4 heteroatoms. The van der Waals surface area contributed by atoms with Crippen molar-refractivity contribution in [1.29, 1.82) is 0 Å². The van der Waals surface area contributed by atoms with Crippen molar-refractivity contribution in [3.63, 3.8) is 0 Å². The Bertz CT molecular complexity index is 514. The fourth-order valence-electron chi connectivity index (χ4n) is 2.49. The highest BCUT2D eigenvalue weighted by Crippen LogP contribution is 2.12. The smallest absolute Gasteiger partial charge is 0.244 e. The maximum absolute atomic E-state index is 11.8. The highest BCUT2D eigenvalue weighted by atomic mass is 32.2. The van der Waals surface area contributed by atoms with Gasteiger partial charge < -0.3 is 5.32 Å². The lowest BCUT2D eigenvalue weighted by atomic mass is 10.1. The van der Waals surface area contributed by atoms with Crippen LogP contribution in [0.25, 0.3) is 0 Å². The highest BCUT2D eigenvalue weighted by molar-refractivity contribution is 8.16. The second-order valence-corrected chi connectivity index (χ2v) is 7.15. The first kappa shape index (κ1) is 21.5. The summed E-state index contributed by atoms with van der Waals surface area (Å²) in [6.07, 6.45) is 11.0. The van der Waals surface area contributed by atoms with Crippen LogP contribution in [-0.2, 0) is 16.0 Å². The van der Waals surface area contributed by atoms with Crippen LogP contribution in [0.5, 0.6) is 0 Å². The molecule has 0 aromatic heterocycles. The number of aryl methyl sites for hydroxylation is 1. The molecule has 1 N–H and O–H groups in total. The van der Waals surface area contributed by atoms with Gasteiger partial charge in [-0.15, -0.1) is 0 Å². The van der Waals surface area contributed by atoms with Crippen LogP contribution in [0.15, 0.2) is 41.8 Å². The van der Waals surface area contributed by atoms with E-state index in [1.165, 1.54) is 43.7 Å². The minimum absolute atomic E-state index is 0.107. The van der Waals surface area contributed by atoms with Gasteiger partial charge in [0.15, 0.2) is 5.12 Å². The van der Waals surface area contributed by atoms with Gasteiger partial charge in [-0.1, -0.05) is 81.1 Å². The third kappa shape index (κ3) is 12.5. The van der Waals surface area contributed by atoms with Gasteiger partial charge in [0, 0.05) is 19.0 Å². The van der Waals surface area contributed by atoms with Crippen molar-refractivity contribution in [2.45, 2.75) is 64.7 Å². The molecule has 1 amide bonds. The minimum atomic E-state index is -0.113. The molecule has 0 bridgehead atoms. The molecule has 0 heterocycles. The molecule has 0 atom stereocenters. The molecule has 1 aromatic rings. The van der Waals surface area contributed by atoms with E-state index >= 15 is 0 Å². The van der Waals surface area contributed by atoms with Crippen LogP contribution in [0.3, 0.4) is 0 Å². The van der Waals surface area contributed by atoms with E-state index in [0.29, 0.717) is 13.0 Å². The molecule has 0 aliphatic rings. The first-order valence-electron chi connectivity index (χ1n) is 9.40. The topological polar surface area (TPSA) is 46.2 Å². The highest BCUT2D eigenvalue weighted by Gasteiger charge is 2.02. The number of nitrogens with one attached hydrogen (secondary N) is 1. The minimum Gasteiger partial charge on any atom is -0.353 e. The van der Waals surface area contributed by atoms with Crippen LogP contribution in [0.4, 0.5) is 0 Å². The van der Waals surface area contributed by atoms with E-state index in [1.54, 1.807) is 5.41 Å². The monoisotopic (exact) mass is 361 g/mol. The summed E-state index contributed by atoms with van der Waals surface area (Å²) in [7, 11) is 0. The van der Waals surface area contributed by atoms with Gasteiger partial charge in [-0.05, 0) is 30.2 Å². The number of carbonyl (C=O) groups excluding carboxylic acids is 2. The third-order valence-electron chi connectivity index (χ3n) is 3.94. The Kier molecular flexibility index (Phi) is 12.7. The van der Waals surface area contributed by atoms with E-state index in [0.717, 1.165) is 31.0 Å². The van der Waals surface area contributed by atoms with Crippen LogP contribution in [0.1, 0.15) is 63.9 Å². The Balaban J connectivity index is 2.01. The first-order valence-corrected chi connectivity index (χ1v) is 10.3. The van der Waals surface area contributed by atoms with Crippen LogP contribution >= 0.6 is 11.8 Å². The molecule has 1 aromatic carbocycles. The summed E-state index contributed by atoms with van der Waals surface area (Å²) in [5, 5.41) is 4.57. The van der Waals surface area contributed by atoms with Crippen molar-refractivity contribution in [3.05, 3.63) is 47.4 Å². The van der Waals surface area contributed by atoms with Crippen LogP contribution in [0.2, 0.25) is 0 Å². The van der Waals surface area contributed by atoms with Crippen molar-refractivity contribution >= 4 is 22.8 Å². The van der Waals surface area contributed by atoms with Crippen molar-refractivity contribution in [2.24, 2.45) is 0 Å². The zero-order valence-corrected chi connectivity index (χ0v) is 16.2. The Morgan fingerprint density at radius 2 is 1.72 bits per heavy atom. The Labute approximate surface area is 156 Å². The predicted molar refractivity (Wildman–Crippen MR) is 108 cm³/mol.